The molecule has 0 fully saturated rings. The van der Waals surface area contributed by atoms with Gasteiger partial charge in [-0.2, -0.15) is 4.98 Å². The molecule has 0 amide bonds. The van der Waals surface area contributed by atoms with E-state index >= 15 is 0 Å². The van der Waals surface area contributed by atoms with Crippen molar-refractivity contribution in [1.82, 2.24) is 14.6 Å². The number of hydrogen-bond acceptors (Lipinski definition) is 5. The Balaban J connectivity index is 2.09. The smallest absolute Gasteiger partial charge is 0.360 e. The van der Waals surface area contributed by atoms with Gasteiger partial charge in [0, 0.05) is 23.0 Å². The summed E-state index contributed by atoms with van der Waals surface area (Å²) in [5, 5.41) is 4.62. The van der Waals surface area contributed by atoms with Gasteiger partial charge >= 0.3 is 5.16 Å². The maximum atomic E-state index is 11.9. The Morgan fingerprint density at radius 1 is 1.17 bits per heavy atom. The van der Waals surface area contributed by atoms with Crippen LogP contribution in [0.15, 0.2) is 52.6 Å². The molecule has 0 aliphatic carbocycles. The van der Waals surface area contributed by atoms with Gasteiger partial charge in [0.15, 0.2) is 9.84 Å². The molecule has 23 heavy (non-hydrogen) atoms. The van der Waals surface area contributed by atoms with E-state index in [0.29, 0.717) is 5.75 Å². The SMILES string of the molecule is CC[S+]([O-])c1ncc2ccc(-c3ccc(S(C)(=O)=O)cc3)n2n1. The number of aromatic nitrogens is 3. The van der Waals surface area contributed by atoms with Gasteiger partial charge in [-0.25, -0.2) is 12.9 Å². The predicted octanol–water partition coefficient (Wildman–Crippen LogP) is 1.93. The Morgan fingerprint density at radius 3 is 2.48 bits per heavy atom. The molecule has 3 aromatic rings. The standard InChI is InChI=1S/C15H15N3O3S2/c1-3-22(19)15-16-10-12-6-9-14(18(12)17-15)11-4-7-13(8-5-11)23(2,20)21/h4-10H,3H2,1-2H3. The third kappa shape index (κ3) is 3.10. The fourth-order valence-corrected chi connectivity index (χ4v) is 3.44. The molecule has 0 radical (unpaired) electrons. The average molecular weight is 349 g/mol. The first-order chi connectivity index (χ1) is 10.9. The first-order valence-electron chi connectivity index (χ1n) is 6.94. The number of nitrogens with zero attached hydrogens (tertiary/aromatic N) is 3. The zero-order valence-corrected chi connectivity index (χ0v) is 14.3. The van der Waals surface area contributed by atoms with E-state index in [1.54, 1.807) is 35.0 Å². The molecule has 1 atom stereocenters. The van der Waals surface area contributed by atoms with Gasteiger partial charge in [0.05, 0.1) is 22.3 Å². The average Bonchev–Trinajstić information content (AvgIpc) is 2.96. The van der Waals surface area contributed by atoms with Crippen molar-refractivity contribution in [3.8, 4) is 11.3 Å². The zero-order valence-electron chi connectivity index (χ0n) is 12.6. The highest BCUT2D eigenvalue weighted by atomic mass is 32.2. The fraction of sp³-hybridized carbons (Fsp3) is 0.200. The van der Waals surface area contributed by atoms with E-state index in [1.807, 2.05) is 19.1 Å². The van der Waals surface area contributed by atoms with E-state index in [0.717, 1.165) is 16.8 Å². The molecule has 2 heterocycles. The lowest BCUT2D eigenvalue weighted by atomic mass is 10.2. The molecule has 2 aromatic heterocycles. The summed E-state index contributed by atoms with van der Waals surface area (Å²) in [7, 11) is -3.22. The van der Waals surface area contributed by atoms with Crippen molar-refractivity contribution in [3.63, 3.8) is 0 Å². The molecule has 0 saturated heterocycles. The van der Waals surface area contributed by atoms with Crippen LogP contribution in [0.5, 0.6) is 0 Å². The Labute approximate surface area is 137 Å². The summed E-state index contributed by atoms with van der Waals surface area (Å²) in [5.74, 6) is 0.450. The number of fused-ring (bicyclic) bond motifs is 1. The van der Waals surface area contributed by atoms with Crippen LogP contribution < -0.4 is 0 Å². The summed E-state index contributed by atoms with van der Waals surface area (Å²) < 4.78 is 36.6. The molecule has 3 rings (SSSR count). The van der Waals surface area contributed by atoms with Crippen molar-refractivity contribution in [3.05, 3.63) is 42.6 Å². The number of hydrogen-bond donors (Lipinski definition) is 0. The van der Waals surface area contributed by atoms with Gasteiger partial charge in [0.25, 0.3) is 0 Å². The highest BCUT2D eigenvalue weighted by molar-refractivity contribution is 7.91. The summed E-state index contributed by atoms with van der Waals surface area (Å²) in [6.45, 7) is 1.81. The van der Waals surface area contributed by atoms with Gasteiger partial charge in [-0.3, -0.25) is 0 Å². The minimum atomic E-state index is -3.22. The topological polar surface area (TPSA) is 87.4 Å². The summed E-state index contributed by atoms with van der Waals surface area (Å²) >= 11 is -1.23. The van der Waals surface area contributed by atoms with Gasteiger partial charge < -0.3 is 4.55 Å². The lowest BCUT2D eigenvalue weighted by Crippen LogP contribution is -2.11. The van der Waals surface area contributed by atoms with Crippen LogP contribution in [0.25, 0.3) is 16.8 Å². The molecule has 8 heteroatoms. The first-order valence-corrected chi connectivity index (χ1v) is 10.1. The van der Waals surface area contributed by atoms with Crippen molar-refractivity contribution in [2.45, 2.75) is 17.0 Å². The van der Waals surface area contributed by atoms with Crippen LogP contribution in [-0.4, -0.2) is 39.6 Å². The molecule has 1 unspecified atom stereocenters. The zero-order chi connectivity index (χ0) is 16.6. The van der Waals surface area contributed by atoms with E-state index in [-0.39, 0.29) is 10.1 Å². The van der Waals surface area contributed by atoms with Gasteiger partial charge in [0.2, 0.25) is 0 Å². The summed E-state index contributed by atoms with van der Waals surface area (Å²) in [5.41, 5.74) is 2.39. The molecule has 0 aliphatic heterocycles. The largest absolute Gasteiger partial charge is 0.609 e. The van der Waals surface area contributed by atoms with Crippen molar-refractivity contribution >= 4 is 26.5 Å². The van der Waals surface area contributed by atoms with E-state index in [4.69, 9.17) is 0 Å². The van der Waals surface area contributed by atoms with Gasteiger partial charge in [0.1, 0.15) is 5.75 Å². The van der Waals surface area contributed by atoms with E-state index < -0.39 is 21.0 Å². The minimum Gasteiger partial charge on any atom is -0.609 e. The van der Waals surface area contributed by atoms with Gasteiger partial charge in [-0.05, 0) is 31.2 Å². The third-order valence-corrected chi connectivity index (χ3v) is 5.67. The molecular weight excluding hydrogens is 334 g/mol. The van der Waals surface area contributed by atoms with Crippen LogP contribution in [0.3, 0.4) is 0 Å². The van der Waals surface area contributed by atoms with Crippen molar-refractivity contribution < 1.29 is 13.0 Å². The maximum absolute atomic E-state index is 11.9. The molecule has 0 bridgehead atoms. The molecular formula is C15H15N3O3S2. The predicted molar refractivity (Wildman–Crippen MR) is 88.5 cm³/mol. The van der Waals surface area contributed by atoms with Crippen LogP contribution in [0.1, 0.15) is 6.92 Å². The quantitative estimate of drug-likeness (QED) is 0.672. The molecule has 0 saturated carbocycles. The molecule has 120 valence electrons. The van der Waals surface area contributed by atoms with Crippen molar-refractivity contribution in [2.24, 2.45) is 0 Å². The van der Waals surface area contributed by atoms with E-state index in [1.165, 1.54) is 6.26 Å². The summed E-state index contributed by atoms with van der Waals surface area (Å²) in [6.07, 6.45) is 2.80. The first kappa shape index (κ1) is 16.0. The van der Waals surface area contributed by atoms with E-state index in [9.17, 15) is 13.0 Å². The van der Waals surface area contributed by atoms with Gasteiger partial charge in [-0.1, -0.05) is 17.2 Å². The summed E-state index contributed by atoms with van der Waals surface area (Å²) in [6, 6.07) is 10.3. The second kappa shape index (κ2) is 5.95. The molecule has 0 spiro atoms. The number of sulfone groups is 1. The Hall–Kier alpha value is -1.90. The Morgan fingerprint density at radius 2 is 1.87 bits per heavy atom. The fourth-order valence-electron chi connectivity index (χ4n) is 2.21. The Kier molecular flexibility index (Phi) is 4.13. The lowest BCUT2D eigenvalue weighted by molar-refractivity contribution is 0.582. The van der Waals surface area contributed by atoms with Crippen LogP contribution >= 0.6 is 0 Å². The molecule has 1 aromatic carbocycles. The summed E-state index contributed by atoms with van der Waals surface area (Å²) in [4.78, 5) is 4.39. The maximum Gasteiger partial charge on any atom is 0.360 e. The van der Waals surface area contributed by atoms with E-state index in [2.05, 4.69) is 10.1 Å². The van der Waals surface area contributed by atoms with Crippen LogP contribution in [0, 0.1) is 0 Å². The molecule has 0 N–H and O–H groups in total. The van der Waals surface area contributed by atoms with Crippen molar-refractivity contribution in [2.75, 3.05) is 12.0 Å². The normalized spacial score (nSPS) is 13.3. The van der Waals surface area contributed by atoms with Gasteiger partial charge in [-0.15, -0.1) is 0 Å². The van der Waals surface area contributed by atoms with Crippen LogP contribution in [-0.2, 0) is 21.0 Å². The highest BCUT2D eigenvalue weighted by Gasteiger charge is 2.15. The highest BCUT2D eigenvalue weighted by Crippen LogP contribution is 2.23. The minimum absolute atomic E-state index is 0.268. The molecule has 6 nitrogen and oxygen atoms in total. The van der Waals surface area contributed by atoms with Crippen LogP contribution in [0.4, 0.5) is 0 Å². The number of rotatable bonds is 4. The van der Waals surface area contributed by atoms with Crippen molar-refractivity contribution in [1.29, 1.82) is 0 Å². The van der Waals surface area contributed by atoms with Crippen LogP contribution in [0.2, 0.25) is 0 Å². The second-order valence-corrected chi connectivity index (χ2v) is 8.68. The number of benzene rings is 1. The second-order valence-electron chi connectivity index (χ2n) is 5.03. The Bertz CT molecular complexity index is 950. The lowest BCUT2D eigenvalue weighted by Gasteiger charge is -2.07. The third-order valence-electron chi connectivity index (χ3n) is 3.42. The monoisotopic (exact) mass is 349 g/mol. The molecule has 0 aliphatic rings.